The van der Waals surface area contributed by atoms with Crippen molar-refractivity contribution in [3.63, 3.8) is 0 Å². The van der Waals surface area contributed by atoms with E-state index in [0.29, 0.717) is 12.5 Å². The molecule has 0 aromatic heterocycles. The van der Waals surface area contributed by atoms with Crippen LogP contribution < -0.4 is 11.1 Å². The molecule has 5 heteroatoms. The molecule has 1 atom stereocenters. The third-order valence-corrected chi connectivity index (χ3v) is 3.12. The molecule has 1 aliphatic heterocycles. The molecule has 1 saturated heterocycles. The lowest BCUT2D eigenvalue weighted by Crippen LogP contribution is -2.20. The minimum absolute atomic E-state index is 0.0752. The molecule has 1 fully saturated rings. The molecule has 0 radical (unpaired) electrons. The van der Waals surface area contributed by atoms with E-state index in [-0.39, 0.29) is 11.4 Å². The summed E-state index contributed by atoms with van der Waals surface area (Å²) in [6, 6.07) is 2.26. The quantitative estimate of drug-likeness (QED) is 0.794. The number of hydrogen-bond acceptors (Lipinski definition) is 3. The van der Waals surface area contributed by atoms with E-state index in [1.54, 1.807) is 0 Å². The Morgan fingerprint density at radius 2 is 2.06 bits per heavy atom. The Morgan fingerprint density at radius 3 is 2.59 bits per heavy atom. The van der Waals surface area contributed by atoms with E-state index in [2.05, 4.69) is 10.2 Å². The lowest BCUT2D eigenvalue weighted by Gasteiger charge is -2.14. The van der Waals surface area contributed by atoms with Crippen LogP contribution in [0.4, 0.5) is 20.2 Å². The van der Waals surface area contributed by atoms with Crippen molar-refractivity contribution in [3.05, 3.63) is 23.8 Å². The van der Waals surface area contributed by atoms with Gasteiger partial charge >= 0.3 is 0 Å². The number of benzene rings is 1. The standard InChI is InChI=1S/C12H17F2N3/c1-17-3-2-8(7-17)6-16-12-10(13)4-9(15)5-11(12)14/h4-5,8,16H,2-3,6-7,15H2,1H3. The summed E-state index contributed by atoms with van der Waals surface area (Å²) >= 11 is 0. The van der Waals surface area contributed by atoms with Gasteiger partial charge in [0.15, 0.2) is 11.6 Å². The van der Waals surface area contributed by atoms with Gasteiger partial charge in [0.2, 0.25) is 0 Å². The van der Waals surface area contributed by atoms with Crippen molar-refractivity contribution in [3.8, 4) is 0 Å². The molecule has 1 heterocycles. The van der Waals surface area contributed by atoms with Crippen LogP contribution in [0.15, 0.2) is 12.1 Å². The minimum atomic E-state index is -0.631. The zero-order chi connectivity index (χ0) is 12.4. The Morgan fingerprint density at radius 1 is 1.41 bits per heavy atom. The predicted molar refractivity (Wildman–Crippen MR) is 64.9 cm³/mol. The van der Waals surface area contributed by atoms with Crippen molar-refractivity contribution >= 4 is 11.4 Å². The molecule has 0 spiro atoms. The first-order chi connectivity index (χ1) is 8.06. The maximum absolute atomic E-state index is 13.5. The summed E-state index contributed by atoms with van der Waals surface area (Å²) in [5, 5.41) is 2.84. The third-order valence-electron chi connectivity index (χ3n) is 3.12. The molecular weight excluding hydrogens is 224 g/mol. The van der Waals surface area contributed by atoms with Crippen LogP contribution in [0.25, 0.3) is 0 Å². The fourth-order valence-corrected chi connectivity index (χ4v) is 2.20. The SMILES string of the molecule is CN1CCC(CNc2c(F)cc(N)cc2F)C1. The van der Waals surface area contributed by atoms with Crippen LogP contribution in [0.5, 0.6) is 0 Å². The summed E-state index contributed by atoms with van der Waals surface area (Å²) in [7, 11) is 2.05. The number of anilines is 2. The van der Waals surface area contributed by atoms with E-state index in [9.17, 15) is 8.78 Å². The second kappa shape index (κ2) is 4.87. The molecule has 1 aromatic rings. The summed E-state index contributed by atoms with van der Waals surface area (Å²) in [4.78, 5) is 2.21. The number of hydrogen-bond donors (Lipinski definition) is 2. The average Bonchev–Trinajstić information content (AvgIpc) is 2.62. The second-order valence-electron chi connectivity index (χ2n) is 4.66. The van der Waals surface area contributed by atoms with Gasteiger partial charge in [0.25, 0.3) is 0 Å². The zero-order valence-corrected chi connectivity index (χ0v) is 9.84. The third kappa shape index (κ3) is 2.85. The predicted octanol–water partition coefficient (Wildman–Crippen LogP) is 1.91. The average molecular weight is 241 g/mol. The number of halogens is 2. The molecular formula is C12H17F2N3. The zero-order valence-electron chi connectivity index (χ0n) is 9.84. The highest BCUT2D eigenvalue weighted by Gasteiger charge is 2.20. The molecule has 1 unspecified atom stereocenters. The molecule has 2 rings (SSSR count). The van der Waals surface area contributed by atoms with Crippen LogP contribution >= 0.6 is 0 Å². The van der Waals surface area contributed by atoms with Gasteiger partial charge in [-0.2, -0.15) is 0 Å². The van der Waals surface area contributed by atoms with Crippen molar-refractivity contribution in [1.82, 2.24) is 4.90 Å². The Labute approximate surface area is 99.6 Å². The Hall–Kier alpha value is -1.36. The van der Waals surface area contributed by atoms with E-state index in [0.717, 1.165) is 31.6 Å². The fraction of sp³-hybridized carbons (Fsp3) is 0.500. The van der Waals surface area contributed by atoms with Gasteiger partial charge in [-0.05, 0) is 38.1 Å². The fourth-order valence-electron chi connectivity index (χ4n) is 2.20. The molecule has 0 saturated carbocycles. The molecule has 1 aliphatic rings. The normalized spacial score (nSPS) is 20.8. The molecule has 1 aromatic carbocycles. The van der Waals surface area contributed by atoms with Gasteiger partial charge in [0.1, 0.15) is 5.69 Å². The Balaban J connectivity index is 1.99. The molecule has 3 nitrogen and oxygen atoms in total. The number of likely N-dealkylation sites (tertiary alicyclic amines) is 1. The highest BCUT2D eigenvalue weighted by atomic mass is 19.1. The maximum atomic E-state index is 13.5. The highest BCUT2D eigenvalue weighted by molar-refractivity contribution is 5.54. The van der Waals surface area contributed by atoms with Gasteiger partial charge in [0.05, 0.1) is 0 Å². The number of nitrogens with zero attached hydrogens (tertiary/aromatic N) is 1. The van der Waals surface area contributed by atoms with Crippen molar-refractivity contribution < 1.29 is 8.78 Å². The number of nitrogen functional groups attached to an aromatic ring is 1. The van der Waals surface area contributed by atoms with Crippen LogP contribution in [0, 0.1) is 17.6 Å². The Bertz CT molecular complexity index is 386. The summed E-state index contributed by atoms with van der Waals surface area (Å²) in [6.07, 6.45) is 1.06. The van der Waals surface area contributed by atoms with Crippen LogP contribution in [-0.2, 0) is 0 Å². The van der Waals surface area contributed by atoms with Crippen LogP contribution in [0.3, 0.4) is 0 Å². The van der Waals surface area contributed by atoms with E-state index >= 15 is 0 Å². The summed E-state index contributed by atoms with van der Waals surface area (Å²) in [6.45, 7) is 2.59. The maximum Gasteiger partial charge on any atom is 0.151 e. The number of nitrogens with two attached hydrogens (primary N) is 1. The minimum Gasteiger partial charge on any atom is -0.399 e. The lowest BCUT2D eigenvalue weighted by atomic mass is 10.1. The van der Waals surface area contributed by atoms with E-state index < -0.39 is 11.6 Å². The topological polar surface area (TPSA) is 41.3 Å². The van der Waals surface area contributed by atoms with Gasteiger partial charge in [-0.25, -0.2) is 8.78 Å². The van der Waals surface area contributed by atoms with Crippen molar-refractivity contribution in [2.75, 3.05) is 37.7 Å². The highest BCUT2D eigenvalue weighted by Crippen LogP contribution is 2.23. The van der Waals surface area contributed by atoms with E-state index in [1.165, 1.54) is 0 Å². The van der Waals surface area contributed by atoms with Gasteiger partial charge in [0, 0.05) is 18.8 Å². The summed E-state index contributed by atoms with van der Waals surface area (Å²) < 4.78 is 26.9. The molecule has 0 aliphatic carbocycles. The van der Waals surface area contributed by atoms with E-state index in [1.807, 2.05) is 7.05 Å². The monoisotopic (exact) mass is 241 g/mol. The summed E-state index contributed by atoms with van der Waals surface area (Å²) in [5.74, 6) is -0.820. The lowest BCUT2D eigenvalue weighted by molar-refractivity contribution is 0.399. The number of rotatable bonds is 3. The van der Waals surface area contributed by atoms with Gasteiger partial charge in [-0.1, -0.05) is 0 Å². The number of nitrogens with one attached hydrogen (secondary N) is 1. The van der Waals surface area contributed by atoms with Crippen molar-refractivity contribution in [2.45, 2.75) is 6.42 Å². The largest absolute Gasteiger partial charge is 0.399 e. The van der Waals surface area contributed by atoms with Crippen LogP contribution in [0.2, 0.25) is 0 Å². The van der Waals surface area contributed by atoms with Crippen LogP contribution in [0.1, 0.15) is 6.42 Å². The molecule has 0 bridgehead atoms. The molecule has 17 heavy (non-hydrogen) atoms. The first kappa shape index (κ1) is 12.1. The van der Waals surface area contributed by atoms with E-state index in [4.69, 9.17) is 5.73 Å². The van der Waals surface area contributed by atoms with Crippen molar-refractivity contribution in [1.29, 1.82) is 0 Å². The molecule has 0 amide bonds. The van der Waals surface area contributed by atoms with Gasteiger partial charge in [-0.15, -0.1) is 0 Å². The molecule has 3 N–H and O–H groups in total. The van der Waals surface area contributed by atoms with Crippen molar-refractivity contribution in [2.24, 2.45) is 5.92 Å². The van der Waals surface area contributed by atoms with Gasteiger partial charge < -0.3 is 16.0 Å². The first-order valence-electron chi connectivity index (χ1n) is 5.73. The van der Waals surface area contributed by atoms with Crippen LogP contribution in [-0.4, -0.2) is 31.6 Å². The second-order valence-corrected chi connectivity index (χ2v) is 4.66. The Kier molecular flexibility index (Phi) is 3.47. The first-order valence-corrected chi connectivity index (χ1v) is 5.73. The molecule has 94 valence electrons. The smallest absolute Gasteiger partial charge is 0.151 e. The van der Waals surface area contributed by atoms with Gasteiger partial charge in [-0.3, -0.25) is 0 Å². The summed E-state index contributed by atoms with van der Waals surface area (Å²) in [5.41, 5.74) is 5.38.